The van der Waals surface area contributed by atoms with Gasteiger partial charge in [-0.2, -0.15) is 5.10 Å². The lowest BCUT2D eigenvalue weighted by atomic mass is 10.3. The highest BCUT2D eigenvalue weighted by molar-refractivity contribution is 5.80. The normalized spacial score (nSPS) is 12.5. The molecule has 1 atom stereocenters. The fourth-order valence-corrected chi connectivity index (χ4v) is 1.06. The van der Waals surface area contributed by atoms with Crippen LogP contribution in [0.2, 0.25) is 0 Å². The lowest BCUT2D eigenvalue weighted by molar-refractivity contribution is -0.131. The molecule has 5 heteroatoms. The molecule has 0 saturated heterocycles. The minimum Gasteiger partial charge on any atom is -0.340 e. The molecule has 5 nitrogen and oxygen atoms in total. The number of carbonyl (C=O) groups is 1. The van der Waals surface area contributed by atoms with E-state index in [0.717, 1.165) is 5.56 Å². The molecule has 0 spiro atoms. The molecule has 1 amide bonds. The van der Waals surface area contributed by atoms with Gasteiger partial charge in [-0.05, 0) is 6.92 Å². The third-order valence-corrected chi connectivity index (χ3v) is 1.74. The Kier molecular flexibility index (Phi) is 3.02. The molecule has 0 aliphatic carbocycles. The van der Waals surface area contributed by atoms with Gasteiger partial charge in [0.15, 0.2) is 0 Å². The molecule has 0 aliphatic rings. The van der Waals surface area contributed by atoms with Crippen LogP contribution < -0.4 is 5.73 Å². The Labute approximate surface area is 76.9 Å². The molecule has 0 fully saturated rings. The van der Waals surface area contributed by atoms with E-state index < -0.39 is 6.04 Å². The van der Waals surface area contributed by atoms with Crippen LogP contribution in [-0.2, 0) is 11.3 Å². The van der Waals surface area contributed by atoms with Crippen molar-refractivity contribution in [3.8, 4) is 0 Å². The number of rotatable bonds is 3. The van der Waals surface area contributed by atoms with Crippen molar-refractivity contribution >= 4 is 5.91 Å². The molecule has 1 aromatic rings. The highest BCUT2D eigenvalue weighted by Crippen LogP contribution is 2.00. The third-order valence-electron chi connectivity index (χ3n) is 1.74. The summed E-state index contributed by atoms with van der Waals surface area (Å²) in [6.45, 7) is 2.21. The SMILES string of the molecule is C[C@H](N)C(=O)N(C)Cc1cn[nH]c1. The van der Waals surface area contributed by atoms with Crippen LogP contribution in [0, 0.1) is 0 Å². The Hall–Kier alpha value is -1.36. The number of hydrogen-bond acceptors (Lipinski definition) is 3. The third kappa shape index (κ3) is 2.55. The van der Waals surface area contributed by atoms with Crippen molar-refractivity contribution in [3.63, 3.8) is 0 Å². The second kappa shape index (κ2) is 4.04. The fraction of sp³-hybridized carbons (Fsp3) is 0.500. The Morgan fingerprint density at radius 1 is 1.85 bits per heavy atom. The molecule has 0 aliphatic heterocycles. The van der Waals surface area contributed by atoms with Crippen molar-refractivity contribution in [2.75, 3.05) is 7.05 Å². The number of nitrogens with one attached hydrogen (secondary N) is 1. The first-order chi connectivity index (χ1) is 6.11. The molecule has 0 radical (unpaired) electrons. The standard InChI is InChI=1S/C8H14N4O/c1-6(9)8(13)12(2)5-7-3-10-11-4-7/h3-4,6H,5,9H2,1-2H3,(H,10,11)/t6-/m0/s1. The van der Waals surface area contributed by atoms with Crippen molar-refractivity contribution < 1.29 is 4.79 Å². The minimum atomic E-state index is -0.447. The minimum absolute atomic E-state index is 0.0683. The predicted molar refractivity (Wildman–Crippen MR) is 48.7 cm³/mol. The maximum Gasteiger partial charge on any atom is 0.239 e. The van der Waals surface area contributed by atoms with E-state index in [2.05, 4.69) is 10.2 Å². The first-order valence-electron chi connectivity index (χ1n) is 4.09. The molecule has 1 aromatic heterocycles. The van der Waals surface area contributed by atoms with Crippen LogP contribution >= 0.6 is 0 Å². The lowest BCUT2D eigenvalue weighted by Gasteiger charge is -2.18. The van der Waals surface area contributed by atoms with Crippen LogP contribution in [0.5, 0.6) is 0 Å². The molecule has 13 heavy (non-hydrogen) atoms. The van der Waals surface area contributed by atoms with Gasteiger partial charge in [0.05, 0.1) is 12.2 Å². The summed E-state index contributed by atoms with van der Waals surface area (Å²) in [7, 11) is 1.72. The fourth-order valence-electron chi connectivity index (χ4n) is 1.06. The van der Waals surface area contributed by atoms with Crippen LogP contribution in [0.15, 0.2) is 12.4 Å². The smallest absolute Gasteiger partial charge is 0.239 e. The quantitative estimate of drug-likeness (QED) is 0.674. The molecule has 0 bridgehead atoms. The summed E-state index contributed by atoms with van der Waals surface area (Å²) < 4.78 is 0. The maximum atomic E-state index is 11.3. The van der Waals surface area contributed by atoms with E-state index >= 15 is 0 Å². The highest BCUT2D eigenvalue weighted by Gasteiger charge is 2.13. The predicted octanol–water partition coefficient (Wildman–Crippen LogP) is -0.285. The van der Waals surface area contributed by atoms with E-state index in [0.29, 0.717) is 6.54 Å². The number of carbonyl (C=O) groups excluding carboxylic acids is 1. The summed E-state index contributed by atoms with van der Waals surface area (Å²) in [5.74, 6) is -0.0683. The van der Waals surface area contributed by atoms with Gasteiger partial charge in [-0.3, -0.25) is 9.89 Å². The summed E-state index contributed by atoms with van der Waals surface area (Å²) >= 11 is 0. The largest absolute Gasteiger partial charge is 0.340 e. The van der Waals surface area contributed by atoms with Gasteiger partial charge in [0.2, 0.25) is 5.91 Å². The number of likely N-dealkylation sites (N-methyl/N-ethyl adjacent to an activating group) is 1. The molecule has 0 saturated carbocycles. The van der Waals surface area contributed by atoms with Crippen molar-refractivity contribution in [2.24, 2.45) is 5.73 Å². The number of aromatic amines is 1. The monoisotopic (exact) mass is 182 g/mol. The van der Waals surface area contributed by atoms with Gasteiger partial charge in [-0.15, -0.1) is 0 Å². The summed E-state index contributed by atoms with van der Waals surface area (Å²) in [4.78, 5) is 12.9. The summed E-state index contributed by atoms with van der Waals surface area (Å²) in [6, 6.07) is -0.447. The van der Waals surface area contributed by atoms with Gasteiger partial charge in [0.25, 0.3) is 0 Å². The van der Waals surface area contributed by atoms with Crippen LogP contribution in [-0.4, -0.2) is 34.1 Å². The first kappa shape index (κ1) is 9.73. The Morgan fingerprint density at radius 2 is 2.54 bits per heavy atom. The van der Waals surface area contributed by atoms with Crippen molar-refractivity contribution in [1.82, 2.24) is 15.1 Å². The van der Waals surface area contributed by atoms with E-state index in [1.807, 2.05) is 0 Å². The average molecular weight is 182 g/mol. The molecule has 3 N–H and O–H groups in total. The van der Waals surface area contributed by atoms with Gasteiger partial charge < -0.3 is 10.6 Å². The number of hydrogen-bond donors (Lipinski definition) is 2. The van der Waals surface area contributed by atoms with Crippen LogP contribution in [0.1, 0.15) is 12.5 Å². The van der Waals surface area contributed by atoms with Crippen LogP contribution in [0.4, 0.5) is 0 Å². The molecular formula is C8H14N4O. The summed E-state index contributed by atoms with van der Waals surface area (Å²) in [5.41, 5.74) is 6.42. The van der Waals surface area contributed by atoms with Crippen molar-refractivity contribution in [1.29, 1.82) is 0 Å². The van der Waals surface area contributed by atoms with Gasteiger partial charge >= 0.3 is 0 Å². The molecule has 1 heterocycles. The van der Waals surface area contributed by atoms with Gasteiger partial charge in [0, 0.05) is 25.4 Å². The van der Waals surface area contributed by atoms with E-state index in [-0.39, 0.29) is 5.91 Å². The molecular weight excluding hydrogens is 168 g/mol. The lowest BCUT2D eigenvalue weighted by Crippen LogP contribution is -2.39. The van der Waals surface area contributed by atoms with E-state index in [1.165, 1.54) is 0 Å². The Bertz CT molecular complexity index is 268. The van der Waals surface area contributed by atoms with Crippen molar-refractivity contribution in [3.05, 3.63) is 18.0 Å². The maximum absolute atomic E-state index is 11.3. The molecule has 72 valence electrons. The summed E-state index contributed by atoms with van der Waals surface area (Å²) in [5, 5.41) is 6.47. The first-order valence-corrected chi connectivity index (χ1v) is 4.09. The molecule has 1 rings (SSSR count). The number of H-pyrrole nitrogens is 1. The Morgan fingerprint density at radius 3 is 3.00 bits per heavy atom. The Balaban J connectivity index is 2.51. The zero-order chi connectivity index (χ0) is 9.84. The van der Waals surface area contributed by atoms with E-state index in [1.54, 1.807) is 31.3 Å². The average Bonchev–Trinajstić information content (AvgIpc) is 2.55. The number of amides is 1. The second-order valence-corrected chi connectivity index (χ2v) is 3.09. The number of nitrogens with zero attached hydrogens (tertiary/aromatic N) is 2. The number of nitrogens with two attached hydrogens (primary N) is 1. The van der Waals surface area contributed by atoms with Gasteiger partial charge in [0.1, 0.15) is 0 Å². The van der Waals surface area contributed by atoms with Gasteiger partial charge in [-0.1, -0.05) is 0 Å². The zero-order valence-corrected chi connectivity index (χ0v) is 7.82. The van der Waals surface area contributed by atoms with Gasteiger partial charge in [-0.25, -0.2) is 0 Å². The zero-order valence-electron chi connectivity index (χ0n) is 7.82. The van der Waals surface area contributed by atoms with Crippen LogP contribution in [0.25, 0.3) is 0 Å². The topological polar surface area (TPSA) is 75.0 Å². The molecule has 0 aromatic carbocycles. The number of aromatic nitrogens is 2. The van der Waals surface area contributed by atoms with Crippen LogP contribution in [0.3, 0.4) is 0 Å². The van der Waals surface area contributed by atoms with E-state index in [9.17, 15) is 4.79 Å². The summed E-state index contributed by atoms with van der Waals surface area (Å²) in [6.07, 6.45) is 3.44. The second-order valence-electron chi connectivity index (χ2n) is 3.09. The highest BCUT2D eigenvalue weighted by atomic mass is 16.2. The van der Waals surface area contributed by atoms with E-state index in [4.69, 9.17) is 5.73 Å². The molecule has 0 unspecified atom stereocenters. The van der Waals surface area contributed by atoms with Crippen molar-refractivity contribution in [2.45, 2.75) is 19.5 Å².